The van der Waals surface area contributed by atoms with E-state index in [1.165, 1.54) is 36.8 Å². The Labute approximate surface area is 128 Å². The minimum atomic E-state index is 0.340. The first-order valence-corrected chi connectivity index (χ1v) is 8.21. The van der Waals surface area contributed by atoms with Crippen LogP contribution in [0, 0.1) is 6.92 Å². The van der Waals surface area contributed by atoms with Crippen molar-refractivity contribution in [1.29, 1.82) is 0 Å². The minimum Gasteiger partial charge on any atom is -0.496 e. The Morgan fingerprint density at radius 3 is 2.52 bits per heavy atom. The molecule has 3 nitrogen and oxygen atoms in total. The molecule has 2 heterocycles. The van der Waals surface area contributed by atoms with Crippen LogP contribution in [0.5, 0.6) is 5.75 Å². The summed E-state index contributed by atoms with van der Waals surface area (Å²) in [6.45, 7) is 4.41. The van der Waals surface area contributed by atoms with E-state index in [4.69, 9.17) is 4.74 Å². The zero-order valence-corrected chi connectivity index (χ0v) is 13.7. The van der Waals surface area contributed by atoms with Crippen molar-refractivity contribution in [2.75, 3.05) is 14.2 Å². The van der Waals surface area contributed by atoms with Gasteiger partial charge in [0.1, 0.15) is 5.75 Å². The Morgan fingerprint density at radius 2 is 1.90 bits per heavy atom. The summed E-state index contributed by atoms with van der Waals surface area (Å²) >= 11 is 0. The number of piperidine rings is 1. The zero-order chi connectivity index (χ0) is 15.0. The predicted molar refractivity (Wildman–Crippen MR) is 86.9 cm³/mol. The van der Waals surface area contributed by atoms with Crippen LogP contribution in [-0.2, 0) is 0 Å². The van der Waals surface area contributed by atoms with Gasteiger partial charge in [0, 0.05) is 29.7 Å². The van der Waals surface area contributed by atoms with Crippen LogP contribution in [0.4, 0.5) is 0 Å². The molecular formula is C18H28N2O. The summed E-state index contributed by atoms with van der Waals surface area (Å²) in [5, 5.41) is 3.85. The summed E-state index contributed by atoms with van der Waals surface area (Å²) in [5.74, 6) is 0.997. The number of ether oxygens (including phenoxy) is 1. The molecule has 2 aliphatic heterocycles. The third kappa shape index (κ3) is 2.95. The molecule has 1 aromatic carbocycles. The molecule has 3 atom stereocenters. The average molecular weight is 288 g/mol. The first-order valence-electron chi connectivity index (χ1n) is 8.21. The summed E-state index contributed by atoms with van der Waals surface area (Å²) in [6, 6.07) is 9.00. The van der Waals surface area contributed by atoms with Crippen LogP contribution in [0.3, 0.4) is 0 Å². The number of rotatable bonds is 4. The maximum absolute atomic E-state index is 5.53. The lowest BCUT2D eigenvalue weighted by Crippen LogP contribution is -2.47. The minimum absolute atomic E-state index is 0.340. The molecule has 0 radical (unpaired) electrons. The number of hydrogen-bond acceptors (Lipinski definition) is 3. The second-order valence-corrected chi connectivity index (χ2v) is 6.85. The number of nitrogens with zero attached hydrogens (tertiary/aromatic N) is 1. The van der Waals surface area contributed by atoms with E-state index in [2.05, 4.69) is 49.3 Å². The maximum atomic E-state index is 5.53. The molecule has 1 aromatic rings. The van der Waals surface area contributed by atoms with Crippen molar-refractivity contribution in [3.63, 3.8) is 0 Å². The van der Waals surface area contributed by atoms with Crippen LogP contribution in [0.2, 0.25) is 0 Å². The maximum Gasteiger partial charge on any atom is 0.123 e. The number of nitrogens with one attached hydrogen (secondary N) is 1. The number of aryl methyl sites for hydroxylation is 1. The van der Waals surface area contributed by atoms with Crippen molar-refractivity contribution in [1.82, 2.24) is 10.2 Å². The quantitative estimate of drug-likeness (QED) is 0.920. The Kier molecular flexibility index (Phi) is 4.23. The molecule has 21 heavy (non-hydrogen) atoms. The van der Waals surface area contributed by atoms with E-state index < -0.39 is 0 Å². The Hall–Kier alpha value is -1.06. The fourth-order valence-corrected chi connectivity index (χ4v) is 4.18. The van der Waals surface area contributed by atoms with Crippen molar-refractivity contribution in [3.05, 3.63) is 29.3 Å². The SMILES string of the molecule is COc1ccc(C)cc1C(C)NC1CC2CCC(C1)N2C. The van der Waals surface area contributed by atoms with E-state index in [1.54, 1.807) is 7.11 Å². The topological polar surface area (TPSA) is 24.5 Å². The van der Waals surface area contributed by atoms with Crippen molar-refractivity contribution in [3.8, 4) is 5.75 Å². The van der Waals surface area contributed by atoms with Crippen LogP contribution >= 0.6 is 0 Å². The lowest BCUT2D eigenvalue weighted by molar-refractivity contribution is 0.144. The van der Waals surface area contributed by atoms with Crippen LogP contribution in [0.25, 0.3) is 0 Å². The van der Waals surface area contributed by atoms with Crippen LogP contribution in [-0.4, -0.2) is 37.2 Å². The summed E-state index contributed by atoms with van der Waals surface area (Å²) in [6.07, 6.45) is 5.32. The first-order chi connectivity index (χ1) is 10.1. The van der Waals surface area contributed by atoms with Gasteiger partial charge in [0.25, 0.3) is 0 Å². The Bertz CT molecular complexity index is 488. The summed E-state index contributed by atoms with van der Waals surface area (Å²) < 4.78 is 5.53. The lowest BCUT2D eigenvalue weighted by Gasteiger charge is -2.38. The van der Waals surface area contributed by atoms with Gasteiger partial charge in [-0.1, -0.05) is 17.7 Å². The van der Waals surface area contributed by atoms with E-state index in [-0.39, 0.29) is 0 Å². The van der Waals surface area contributed by atoms with Gasteiger partial charge in [0.05, 0.1) is 7.11 Å². The second-order valence-electron chi connectivity index (χ2n) is 6.85. The highest BCUT2D eigenvalue weighted by molar-refractivity contribution is 5.39. The molecule has 2 bridgehead atoms. The molecule has 0 spiro atoms. The molecule has 0 aromatic heterocycles. The lowest BCUT2D eigenvalue weighted by atomic mass is 9.95. The van der Waals surface area contributed by atoms with Crippen molar-refractivity contribution < 1.29 is 4.74 Å². The molecule has 0 saturated carbocycles. The van der Waals surface area contributed by atoms with Gasteiger partial charge in [-0.05, 0) is 52.6 Å². The van der Waals surface area contributed by atoms with Gasteiger partial charge in [0.15, 0.2) is 0 Å². The fourth-order valence-electron chi connectivity index (χ4n) is 4.18. The van der Waals surface area contributed by atoms with E-state index in [9.17, 15) is 0 Å². The molecule has 2 aliphatic rings. The molecule has 1 N–H and O–H groups in total. The van der Waals surface area contributed by atoms with Gasteiger partial charge in [-0.3, -0.25) is 0 Å². The average Bonchev–Trinajstić information content (AvgIpc) is 2.69. The van der Waals surface area contributed by atoms with Gasteiger partial charge in [-0.2, -0.15) is 0 Å². The Morgan fingerprint density at radius 1 is 1.24 bits per heavy atom. The molecule has 0 aliphatic carbocycles. The summed E-state index contributed by atoms with van der Waals surface area (Å²) in [4.78, 5) is 2.59. The number of hydrogen-bond donors (Lipinski definition) is 1. The highest BCUT2D eigenvalue weighted by atomic mass is 16.5. The van der Waals surface area contributed by atoms with Crippen molar-refractivity contribution >= 4 is 0 Å². The van der Waals surface area contributed by atoms with Gasteiger partial charge in [-0.15, -0.1) is 0 Å². The highest BCUT2D eigenvalue weighted by Gasteiger charge is 2.38. The normalized spacial score (nSPS) is 30.4. The van der Waals surface area contributed by atoms with Gasteiger partial charge in [0.2, 0.25) is 0 Å². The monoisotopic (exact) mass is 288 g/mol. The third-order valence-electron chi connectivity index (χ3n) is 5.44. The van der Waals surface area contributed by atoms with Crippen molar-refractivity contribution in [2.24, 2.45) is 0 Å². The number of benzene rings is 1. The largest absolute Gasteiger partial charge is 0.496 e. The van der Waals surface area contributed by atoms with E-state index in [0.29, 0.717) is 12.1 Å². The van der Waals surface area contributed by atoms with Crippen molar-refractivity contribution in [2.45, 2.75) is 63.7 Å². The molecular weight excluding hydrogens is 260 g/mol. The smallest absolute Gasteiger partial charge is 0.123 e. The van der Waals surface area contributed by atoms with Gasteiger partial charge >= 0.3 is 0 Å². The molecule has 3 rings (SSSR count). The van der Waals surface area contributed by atoms with Crippen LogP contribution in [0.15, 0.2) is 18.2 Å². The van der Waals surface area contributed by atoms with Crippen LogP contribution in [0.1, 0.15) is 49.8 Å². The van der Waals surface area contributed by atoms with E-state index in [0.717, 1.165) is 17.8 Å². The van der Waals surface area contributed by atoms with Crippen LogP contribution < -0.4 is 10.1 Å². The van der Waals surface area contributed by atoms with Gasteiger partial charge < -0.3 is 15.0 Å². The highest BCUT2D eigenvalue weighted by Crippen LogP contribution is 2.35. The molecule has 2 saturated heterocycles. The predicted octanol–water partition coefficient (Wildman–Crippen LogP) is 3.28. The summed E-state index contributed by atoms with van der Waals surface area (Å²) in [5.41, 5.74) is 2.58. The Balaban J connectivity index is 1.69. The molecule has 3 unspecified atom stereocenters. The second kappa shape index (κ2) is 5.98. The third-order valence-corrected chi connectivity index (χ3v) is 5.44. The fraction of sp³-hybridized carbons (Fsp3) is 0.667. The summed E-state index contributed by atoms with van der Waals surface area (Å²) in [7, 11) is 4.06. The molecule has 116 valence electrons. The van der Waals surface area contributed by atoms with Gasteiger partial charge in [-0.25, -0.2) is 0 Å². The number of methoxy groups -OCH3 is 1. The zero-order valence-electron chi connectivity index (χ0n) is 13.7. The van der Waals surface area contributed by atoms with E-state index in [1.807, 2.05) is 0 Å². The van der Waals surface area contributed by atoms with E-state index >= 15 is 0 Å². The molecule has 2 fully saturated rings. The number of fused-ring (bicyclic) bond motifs is 2. The molecule has 0 amide bonds. The first kappa shape index (κ1) is 14.9. The standard InChI is InChI=1S/C18H28N2O/c1-12-5-8-18(21-4)17(9-12)13(2)19-14-10-15-6-7-16(11-14)20(15)3/h5,8-9,13-16,19H,6-7,10-11H2,1-4H3. The molecule has 3 heteroatoms.